The van der Waals surface area contributed by atoms with Crippen LogP contribution in [0.1, 0.15) is 12.5 Å². The standard InChI is InChI=1S/C12H15FN2OS/c1-8(11(14)17)12(16)15-6-5-9-3-2-4-10(13)7-9/h2-4,7-8H,5-6H2,1H3,(H2,14,17)(H,15,16). The molecular weight excluding hydrogens is 239 g/mol. The van der Waals surface area contributed by atoms with E-state index in [2.05, 4.69) is 5.32 Å². The Morgan fingerprint density at radius 3 is 2.88 bits per heavy atom. The number of hydrogen-bond acceptors (Lipinski definition) is 2. The van der Waals surface area contributed by atoms with Crippen LogP contribution in [0.15, 0.2) is 24.3 Å². The molecule has 1 amide bonds. The van der Waals surface area contributed by atoms with Gasteiger partial charge in [-0.3, -0.25) is 4.79 Å². The number of benzene rings is 1. The molecule has 0 saturated carbocycles. The van der Waals surface area contributed by atoms with Gasteiger partial charge in [0, 0.05) is 6.54 Å². The lowest BCUT2D eigenvalue weighted by Gasteiger charge is -2.10. The quantitative estimate of drug-likeness (QED) is 0.781. The maximum Gasteiger partial charge on any atom is 0.229 e. The predicted molar refractivity (Wildman–Crippen MR) is 69.1 cm³/mol. The number of carbonyl (C=O) groups excluding carboxylic acids is 1. The Morgan fingerprint density at radius 2 is 2.29 bits per heavy atom. The molecule has 1 atom stereocenters. The first-order chi connectivity index (χ1) is 8.00. The summed E-state index contributed by atoms with van der Waals surface area (Å²) in [5.41, 5.74) is 6.20. The van der Waals surface area contributed by atoms with Gasteiger partial charge in [0.05, 0.1) is 10.9 Å². The van der Waals surface area contributed by atoms with E-state index in [0.29, 0.717) is 13.0 Å². The van der Waals surface area contributed by atoms with E-state index in [0.717, 1.165) is 5.56 Å². The van der Waals surface area contributed by atoms with Crippen LogP contribution in [-0.2, 0) is 11.2 Å². The number of nitrogens with one attached hydrogen (secondary N) is 1. The van der Waals surface area contributed by atoms with Gasteiger partial charge >= 0.3 is 0 Å². The highest BCUT2D eigenvalue weighted by atomic mass is 32.1. The molecule has 0 saturated heterocycles. The molecule has 0 heterocycles. The topological polar surface area (TPSA) is 55.1 Å². The van der Waals surface area contributed by atoms with Crippen LogP contribution in [0, 0.1) is 11.7 Å². The van der Waals surface area contributed by atoms with Gasteiger partial charge in [-0.05, 0) is 31.0 Å². The minimum Gasteiger partial charge on any atom is -0.393 e. The molecule has 0 bridgehead atoms. The van der Waals surface area contributed by atoms with Crippen LogP contribution < -0.4 is 11.1 Å². The van der Waals surface area contributed by atoms with Crippen molar-refractivity contribution in [2.45, 2.75) is 13.3 Å². The summed E-state index contributed by atoms with van der Waals surface area (Å²) in [5.74, 6) is -0.947. The number of rotatable bonds is 5. The van der Waals surface area contributed by atoms with Crippen LogP contribution in [0.5, 0.6) is 0 Å². The molecule has 0 aliphatic carbocycles. The zero-order chi connectivity index (χ0) is 12.8. The minimum atomic E-state index is -0.475. The van der Waals surface area contributed by atoms with Gasteiger partial charge in [0.15, 0.2) is 0 Å². The second-order valence-corrected chi connectivity index (χ2v) is 4.27. The van der Waals surface area contributed by atoms with E-state index >= 15 is 0 Å². The summed E-state index contributed by atoms with van der Waals surface area (Å²) in [7, 11) is 0. The number of amides is 1. The Morgan fingerprint density at radius 1 is 1.59 bits per heavy atom. The Bertz CT molecular complexity index is 423. The second-order valence-electron chi connectivity index (χ2n) is 3.80. The maximum atomic E-state index is 12.9. The van der Waals surface area contributed by atoms with Crippen molar-refractivity contribution in [3.8, 4) is 0 Å². The molecule has 5 heteroatoms. The van der Waals surface area contributed by atoms with E-state index in [1.807, 2.05) is 6.07 Å². The van der Waals surface area contributed by atoms with Crippen LogP contribution in [0.25, 0.3) is 0 Å². The van der Waals surface area contributed by atoms with E-state index < -0.39 is 5.92 Å². The fourth-order valence-electron chi connectivity index (χ4n) is 1.30. The minimum absolute atomic E-state index is 0.174. The van der Waals surface area contributed by atoms with Gasteiger partial charge in [0.2, 0.25) is 5.91 Å². The van der Waals surface area contributed by atoms with Crippen molar-refractivity contribution >= 4 is 23.1 Å². The highest BCUT2D eigenvalue weighted by Crippen LogP contribution is 2.03. The summed E-state index contributed by atoms with van der Waals surface area (Å²) in [6.07, 6.45) is 0.577. The van der Waals surface area contributed by atoms with Gasteiger partial charge in [0.1, 0.15) is 5.82 Å². The number of halogens is 1. The lowest BCUT2D eigenvalue weighted by atomic mass is 10.1. The van der Waals surface area contributed by atoms with Gasteiger partial charge in [-0.2, -0.15) is 0 Å². The molecule has 3 nitrogen and oxygen atoms in total. The lowest BCUT2D eigenvalue weighted by Crippen LogP contribution is -2.36. The van der Waals surface area contributed by atoms with Gasteiger partial charge in [-0.25, -0.2) is 4.39 Å². The second kappa shape index (κ2) is 6.30. The Hall–Kier alpha value is -1.49. The smallest absolute Gasteiger partial charge is 0.229 e. The normalized spacial score (nSPS) is 11.9. The van der Waals surface area contributed by atoms with Crippen LogP contribution in [0.2, 0.25) is 0 Å². The van der Waals surface area contributed by atoms with E-state index in [1.165, 1.54) is 12.1 Å². The number of nitrogens with two attached hydrogens (primary N) is 1. The van der Waals surface area contributed by atoms with Crippen molar-refractivity contribution in [2.24, 2.45) is 11.7 Å². The molecule has 3 N–H and O–H groups in total. The Balaban J connectivity index is 2.38. The summed E-state index contributed by atoms with van der Waals surface area (Å²) in [4.78, 5) is 11.7. The predicted octanol–water partition coefficient (Wildman–Crippen LogP) is 1.41. The van der Waals surface area contributed by atoms with Gasteiger partial charge in [0.25, 0.3) is 0 Å². The first kappa shape index (κ1) is 13.6. The van der Waals surface area contributed by atoms with Gasteiger partial charge in [-0.15, -0.1) is 0 Å². The number of hydrogen-bond donors (Lipinski definition) is 2. The van der Waals surface area contributed by atoms with Crippen LogP contribution in [0.4, 0.5) is 4.39 Å². The molecule has 0 aliphatic heterocycles. The number of carbonyl (C=O) groups is 1. The molecule has 1 rings (SSSR count). The van der Waals surface area contributed by atoms with Crippen molar-refractivity contribution in [3.05, 3.63) is 35.6 Å². The highest BCUT2D eigenvalue weighted by molar-refractivity contribution is 7.80. The van der Waals surface area contributed by atoms with Gasteiger partial charge in [-0.1, -0.05) is 24.4 Å². The van der Waals surface area contributed by atoms with Gasteiger partial charge < -0.3 is 11.1 Å². The van der Waals surface area contributed by atoms with Crippen molar-refractivity contribution in [2.75, 3.05) is 6.54 Å². The zero-order valence-electron chi connectivity index (χ0n) is 9.57. The molecule has 1 aromatic rings. The molecule has 1 unspecified atom stereocenters. The van der Waals surface area contributed by atoms with E-state index in [9.17, 15) is 9.18 Å². The fourth-order valence-corrected chi connectivity index (χ4v) is 1.41. The summed E-state index contributed by atoms with van der Waals surface area (Å²) >= 11 is 4.72. The van der Waals surface area contributed by atoms with Crippen molar-refractivity contribution in [1.82, 2.24) is 5.32 Å². The van der Waals surface area contributed by atoms with Crippen molar-refractivity contribution in [1.29, 1.82) is 0 Å². The summed E-state index contributed by atoms with van der Waals surface area (Å²) in [5, 5.41) is 2.70. The van der Waals surface area contributed by atoms with E-state index in [4.69, 9.17) is 18.0 Å². The molecule has 0 radical (unpaired) electrons. The zero-order valence-corrected chi connectivity index (χ0v) is 10.4. The number of thiocarbonyl (C=S) groups is 1. The van der Waals surface area contributed by atoms with Crippen LogP contribution in [0.3, 0.4) is 0 Å². The SMILES string of the molecule is CC(C(=O)NCCc1cccc(F)c1)C(N)=S. The largest absolute Gasteiger partial charge is 0.393 e. The summed E-state index contributed by atoms with van der Waals surface area (Å²) < 4.78 is 12.9. The molecule has 0 aliphatic rings. The first-order valence-electron chi connectivity index (χ1n) is 5.32. The average Bonchev–Trinajstić information content (AvgIpc) is 2.27. The summed E-state index contributed by atoms with van der Waals surface area (Å²) in [6.45, 7) is 2.09. The average molecular weight is 254 g/mol. The third-order valence-electron chi connectivity index (χ3n) is 2.42. The molecule has 0 fully saturated rings. The van der Waals surface area contributed by atoms with Crippen molar-refractivity contribution < 1.29 is 9.18 Å². The fraction of sp³-hybridized carbons (Fsp3) is 0.333. The molecule has 0 spiro atoms. The maximum absolute atomic E-state index is 12.9. The van der Waals surface area contributed by atoms with Crippen LogP contribution >= 0.6 is 12.2 Å². The van der Waals surface area contributed by atoms with E-state index in [-0.39, 0.29) is 16.7 Å². The third kappa shape index (κ3) is 4.48. The molecule has 17 heavy (non-hydrogen) atoms. The van der Waals surface area contributed by atoms with E-state index in [1.54, 1.807) is 13.0 Å². The molecular formula is C12H15FN2OS. The Labute approximate surface area is 105 Å². The molecule has 1 aromatic carbocycles. The van der Waals surface area contributed by atoms with Crippen molar-refractivity contribution in [3.63, 3.8) is 0 Å². The third-order valence-corrected chi connectivity index (χ3v) is 2.78. The Kier molecular flexibility index (Phi) is 5.03. The highest BCUT2D eigenvalue weighted by Gasteiger charge is 2.14. The molecule has 92 valence electrons. The summed E-state index contributed by atoms with van der Waals surface area (Å²) in [6, 6.07) is 6.29. The molecule has 0 aromatic heterocycles. The van der Waals surface area contributed by atoms with Crippen LogP contribution in [-0.4, -0.2) is 17.4 Å². The monoisotopic (exact) mass is 254 g/mol. The lowest BCUT2D eigenvalue weighted by molar-refractivity contribution is -0.122. The first-order valence-corrected chi connectivity index (χ1v) is 5.73.